The lowest BCUT2D eigenvalue weighted by Crippen LogP contribution is -2.18. The number of hydrogen-bond acceptors (Lipinski definition) is 1. The molecule has 10 heavy (non-hydrogen) atoms. The molecule has 0 spiro atoms. The summed E-state index contributed by atoms with van der Waals surface area (Å²) in [6.07, 6.45) is 2.55. The van der Waals surface area contributed by atoms with E-state index >= 15 is 0 Å². The summed E-state index contributed by atoms with van der Waals surface area (Å²) >= 11 is 0. The summed E-state index contributed by atoms with van der Waals surface area (Å²) in [4.78, 5) is 0. The van der Waals surface area contributed by atoms with Crippen molar-refractivity contribution in [2.24, 2.45) is 11.3 Å². The van der Waals surface area contributed by atoms with E-state index in [-0.39, 0.29) is 0 Å². The molecule has 1 heterocycles. The Bertz CT molecular complexity index is 107. The van der Waals surface area contributed by atoms with E-state index in [9.17, 15) is 0 Å². The fraction of sp³-hybridized carbons (Fsp3) is 1.00. The summed E-state index contributed by atoms with van der Waals surface area (Å²) < 4.78 is 5.48. The van der Waals surface area contributed by atoms with Gasteiger partial charge in [-0.25, -0.2) is 0 Å². The highest BCUT2D eigenvalue weighted by atomic mass is 16.5. The van der Waals surface area contributed by atoms with E-state index in [0.29, 0.717) is 5.41 Å². The summed E-state index contributed by atoms with van der Waals surface area (Å²) in [7, 11) is 0. The molecular weight excluding hydrogens is 124 g/mol. The quantitative estimate of drug-likeness (QED) is 0.505. The Balaban J connectivity index is 2.46. The van der Waals surface area contributed by atoms with Crippen LogP contribution in [0.4, 0.5) is 0 Å². The summed E-state index contributed by atoms with van der Waals surface area (Å²) in [5.41, 5.74) is 0.413. The van der Waals surface area contributed by atoms with Crippen molar-refractivity contribution in [3.05, 3.63) is 0 Å². The Morgan fingerprint density at radius 2 is 2.10 bits per heavy atom. The first-order valence-electron chi connectivity index (χ1n) is 4.18. The predicted octanol–water partition coefficient (Wildman–Crippen LogP) is 2.46. The monoisotopic (exact) mass is 142 g/mol. The van der Waals surface area contributed by atoms with Gasteiger partial charge >= 0.3 is 0 Å². The molecule has 1 unspecified atom stereocenters. The van der Waals surface area contributed by atoms with Crippen LogP contribution in [0.1, 0.15) is 33.6 Å². The smallest absolute Gasteiger partial charge is 0.0517 e. The van der Waals surface area contributed by atoms with Gasteiger partial charge in [0.1, 0.15) is 0 Å². The molecule has 0 aromatic carbocycles. The number of rotatable bonds is 0. The zero-order chi connectivity index (χ0) is 7.61. The van der Waals surface area contributed by atoms with Gasteiger partial charge in [-0.15, -0.1) is 0 Å². The minimum atomic E-state index is 0.413. The van der Waals surface area contributed by atoms with Gasteiger partial charge in [0.15, 0.2) is 0 Å². The molecule has 0 aromatic rings. The summed E-state index contributed by atoms with van der Waals surface area (Å²) in [6, 6.07) is 0. The Morgan fingerprint density at radius 3 is 2.80 bits per heavy atom. The van der Waals surface area contributed by atoms with Crippen molar-refractivity contribution >= 4 is 0 Å². The normalized spacial score (nSPS) is 33.3. The fourth-order valence-electron chi connectivity index (χ4n) is 1.74. The minimum Gasteiger partial charge on any atom is -0.381 e. The highest BCUT2D eigenvalue weighted by Gasteiger charge is 2.23. The lowest BCUT2D eigenvalue weighted by molar-refractivity contribution is 0.0801. The molecule has 0 aliphatic carbocycles. The maximum Gasteiger partial charge on any atom is 0.0517 e. The average molecular weight is 142 g/mol. The van der Waals surface area contributed by atoms with Gasteiger partial charge in [0.05, 0.1) is 6.61 Å². The second-order valence-electron chi connectivity index (χ2n) is 4.31. The van der Waals surface area contributed by atoms with Crippen molar-refractivity contribution in [1.29, 1.82) is 0 Å². The van der Waals surface area contributed by atoms with Gasteiger partial charge in [-0.3, -0.25) is 0 Å². The third-order valence-electron chi connectivity index (χ3n) is 2.15. The van der Waals surface area contributed by atoms with Crippen LogP contribution >= 0.6 is 0 Å². The number of hydrogen-bond donors (Lipinski definition) is 0. The zero-order valence-electron chi connectivity index (χ0n) is 7.31. The third-order valence-corrected chi connectivity index (χ3v) is 2.15. The lowest BCUT2D eigenvalue weighted by atomic mass is 9.84. The summed E-state index contributed by atoms with van der Waals surface area (Å²) in [5, 5.41) is 0. The SMILES string of the molecule is CC1CCOCC(C)(C)C1. The van der Waals surface area contributed by atoms with Crippen molar-refractivity contribution < 1.29 is 4.74 Å². The first kappa shape index (κ1) is 8.06. The van der Waals surface area contributed by atoms with Crippen LogP contribution in [0.5, 0.6) is 0 Å². The van der Waals surface area contributed by atoms with E-state index in [0.717, 1.165) is 19.1 Å². The Morgan fingerprint density at radius 1 is 1.40 bits per heavy atom. The van der Waals surface area contributed by atoms with Gasteiger partial charge in [0.2, 0.25) is 0 Å². The highest BCUT2D eigenvalue weighted by molar-refractivity contribution is 4.73. The molecule has 1 aliphatic rings. The highest BCUT2D eigenvalue weighted by Crippen LogP contribution is 2.29. The second kappa shape index (κ2) is 2.91. The third kappa shape index (κ3) is 2.30. The molecule has 1 aliphatic heterocycles. The van der Waals surface area contributed by atoms with Crippen molar-refractivity contribution in [1.82, 2.24) is 0 Å². The zero-order valence-corrected chi connectivity index (χ0v) is 7.31. The molecule has 0 aromatic heterocycles. The van der Waals surface area contributed by atoms with Crippen LogP contribution in [0, 0.1) is 11.3 Å². The Kier molecular flexibility index (Phi) is 2.35. The molecule has 1 nitrogen and oxygen atoms in total. The Hall–Kier alpha value is -0.0400. The standard InChI is InChI=1S/C9H18O/c1-8-4-5-10-7-9(2,3)6-8/h8H,4-7H2,1-3H3. The molecule has 1 saturated heterocycles. The molecule has 0 N–H and O–H groups in total. The van der Waals surface area contributed by atoms with Gasteiger partial charge < -0.3 is 4.74 Å². The Labute approximate surface area is 63.8 Å². The first-order valence-corrected chi connectivity index (χ1v) is 4.18. The van der Waals surface area contributed by atoms with E-state index in [4.69, 9.17) is 4.74 Å². The largest absolute Gasteiger partial charge is 0.381 e. The maximum atomic E-state index is 5.48. The van der Waals surface area contributed by atoms with Gasteiger partial charge in [-0.2, -0.15) is 0 Å². The molecule has 1 heteroatoms. The number of ether oxygens (including phenoxy) is 1. The van der Waals surface area contributed by atoms with Crippen LogP contribution in [-0.4, -0.2) is 13.2 Å². The van der Waals surface area contributed by atoms with E-state index in [1.54, 1.807) is 0 Å². The summed E-state index contributed by atoms with van der Waals surface area (Å²) in [5.74, 6) is 0.845. The van der Waals surface area contributed by atoms with Crippen molar-refractivity contribution in [2.75, 3.05) is 13.2 Å². The van der Waals surface area contributed by atoms with Crippen molar-refractivity contribution in [3.63, 3.8) is 0 Å². The van der Waals surface area contributed by atoms with Gasteiger partial charge in [0.25, 0.3) is 0 Å². The fourth-order valence-corrected chi connectivity index (χ4v) is 1.74. The van der Waals surface area contributed by atoms with E-state index in [1.165, 1.54) is 12.8 Å². The molecule has 1 rings (SSSR count). The predicted molar refractivity (Wildman–Crippen MR) is 43.0 cm³/mol. The molecule has 1 atom stereocenters. The molecule has 60 valence electrons. The molecule has 0 bridgehead atoms. The maximum absolute atomic E-state index is 5.48. The van der Waals surface area contributed by atoms with Gasteiger partial charge in [-0.05, 0) is 24.2 Å². The van der Waals surface area contributed by atoms with Crippen molar-refractivity contribution in [3.8, 4) is 0 Å². The molecule has 1 fully saturated rings. The van der Waals surface area contributed by atoms with Gasteiger partial charge in [0, 0.05) is 6.61 Å². The van der Waals surface area contributed by atoms with Crippen LogP contribution in [0.15, 0.2) is 0 Å². The van der Waals surface area contributed by atoms with Crippen LogP contribution in [0.2, 0.25) is 0 Å². The van der Waals surface area contributed by atoms with Crippen LogP contribution in [0.3, 0.4) is 0 Å². The molecular formula is C9H18O. The molecule has 0 amide bonds. The van der Waals surface area contributed by atoms with Gasteiger partial charge in [-0.1, -0.05) is 20.8 Å². The minimum absolute atomic E-state index is 0.413. The lowest BCUT2D eigenvalue weighted by Gasteiger charge is -2.23. The van der Waals surface area contributed by atoms with Crippen LogP contribution < -0.4 is 0 Å². The first-order chi connectivity index (χ1) is 4.60. The second-order valence-corrected chi connectivity index (χ2v) is 4.31. The van der Waals surface area contributed by atoms with Crippen LogP contribution in [-0.2, 0) is 4.74 Å². The van der Waals surface area contributed by atoms with E-state index in [2.05, 4.69) is 20.8 Å². The van der Waals surface area contributed by atoms with E-state index in [1.807, 2.05) is 0 Å². The summed E-state index contributed by atoms with van der Waals surface area (Å²) in [6.45, 7) is 8.79. The molecule has 0 saturated carbocycles. The van der Waals surface area contributed by atoms with E-state index < -0.39 is 0 Å². The average Bonchev–Trinajstić information content (AvgIpc) is 1.90. The topological polar surface area (TPSA) is 9.23 Å². The van der Waals surface area contributed by atoms with Crippen molar-refractivity contribution in [2.45, 2.75) is 33.6 Å². The van der Waals surface area contributed by atoms with Crippen LogP contribution in [0.25, 0.3) is 0 Å². The molecule has 0 radical (unpaired) electrons.